The lowest BCUT2D eigenvalue weighted by atomic mass is 10.1. The van der Waals surface area contributed by atoms with Crippen molar-refractivity contribution in [3.8, 4) is 11.4 Å². The molecule has 9 nitrogen and oxygen atoms in total. The van der Waals surface area contributed by atoms with Crippen LogP contribution in [-0.2, 0) is 0 Å². The maximum atomic E-state index is 12.8. The summed E-state index contributed by atoms with van der Waals surface area (Å²) in [5.74, 6) is 1.52. The van der Waals surface area contributed by atoms with Crippen molar-refractivity contribution < 1.29 is 8.78 Å². The van der Waals surface area contributed by atoms with Crippen LogP contribution in [0.1, 0.15) is 37.5 Å². The fraction of sp³-hybridized carbons (Fsp3) is 0.278. The maximum Gasteiger partial charge on any atom is 0.333 e. The van der Waals surface area contributed by atoms with Crippen LogP contribution in [0, 0.1) is 6.92 Å². The topological polar surface area (TPSA) is 112 Å². The normalized spacial score (nSPS) is 12.6. The first kappa shape index (κ1) is 18.7. The standard InChI is InChI=1S/C18H19F2N9/c1-3-13(14-6-7-29(27-14)16(19)20)23-18-25-15(24-17(21)26-18)11-4-5-12-8-22-10(2)28(12)9-11/h4-9,13,16H,3H2,1-2H3,(H3,21,23,24,25,26)/t13-/m1/s1. The van der Waals surface area contributed by atoms with Gasteiger partial charge in [-0.15, -0.1) is 0 Å². The van der Waals surface area contributed by atoms with Gasteiger partial charge < -0.3 is 15.5 Å². The van der Waals surface area contributed by atoms with E-state index in [0.29, 0.717) is 22.6 Å². The number of nitrogens with one attached hydrogen (secondary N) is 1. The number of nitrogens with zero attached hydrogens (tertiary/aromatic N) is 7. The van der Waals surface area contributed by atoms with E-state index in [2.05, 4.69) is 30.4 Å². The van der Waals surface area contributed by atoms with Crippen molar-refractivity contribution in [2.24, 2.45) is 0 Å². The summed E-state index contributed by atoms with van der Waals surface area (Å²) in [6.45, 7) is 1.11. The third kappa shape index (κ3) is 3.71. The van der Waals surface area contributed by atoms with Gasteiger partial charge in [-0.2, -0.15) is 28.8 Å². The molecule has 0 radical (unpaired) electrons. The molecule has 1 atom stereocenters. The van der Waals surface area contributed by atoms with Crippen molar-refractivity contribution in [2.75, 3.05) is 11.1 Å². The lowest BCUT2D eigenvalue weighted by molar-refractivity contribution is 0.0560. The lowest BCUT2D eigenvalue weighted by Gasteiger charge is -2.15. The van der Waals surface area contributed by atoms with E-state index in [9.17, 15) is 8.78 Å². The molecule has 0 saturated heterocycles. The number of aromatic nitrogens is 7. The molecule has 0 aliphatic carbocycles. The van der Waals surface area contributed by atoms with Crippen molar-refractivity contribution in [1.29, 1.82) is 0 Å². The summed E-state index contributed by atoms with van der Waals surface area (Å²) in [4.78, 5) is 17.1. The summed E-state index contributed by atoms with van der Waals surface area (Å²) in [7, 11) is 0. The zero-order valence-electron chi connectivity index (χ0n) is 15.8. The van der Waals surface area contributed by atoms with E-state index in [0.717, 1.165) is 16.9 Å². The van der Waals surface area contributed by atoms with Gasteiger partial charge in [0, 0.05) is 18.0 Å². The molecular weight excluding hydrogens is 380 g/mol. The number of rotatable bonds is 6. The number of imidazole rings is 1. The second-order valence-electron chi connectivity index (χ2n) is 6.46. The first-order valence-corrected chi connectivity index (χ1v) is 9.00. The number of anilines is 2. The summed E-state index contributed by atoms with van der Waals surface area (Å²) >= 11 is 0. The molecule has 4 aromatic heterocycles. The Hall–Kier alpha value is -3.63. The molecule has 4 heterocycles. The first-order chi connectivity index (χ1) is 13.9. The number of nitrogen functional groups attached to an aromatic ring is 1. The third-order valence-electron chi connectivity index (χ3n) is 4.52. The molecule has 0 aliphatic rings. The molecule has 0 aliphatic heterocycles. The molecule has 3 N–H and O–H groups in total. The number of hydrogen-bond donors (Lipinski definition) is 2. The Labute approximate surface area is 164 Å². The quantitative estimate of drug-likeness (QED) is 0.512. The summed E-state index contributed by atoms with van der Waals surface area (Å²) in [6.07, 6.45) is 5.47. The molecule has 29 heavy (non-hydrogen) atoms. The first-order valence-electron chi connectivity index (χ1n) is 9.00. The van der Waals surface area contributed by atoms with E-state index in [4.69, 9.17) is 5.73 Å². The fourth-order valence-corrected chi connectivity index (χ4v) is 3.03. The van der Waals surface area contributed by atoms with E-state index < -0.39 is 6.55 Å². The van der Waals surface area contributed by atoms with Crippen molar-refractivity contribution in [3.05, 3.63) is 48.3 Å². The van der Waals surface area contributed by atoms with Gasteiger partial charge in [0.1, 0.15) is 5.82 Å². The van der Waals surface area contributed by atoms with Crippen molar-refractivity contribution in [3.63, 3.8) is 0 Å². The molecule has 11 heteroatoms. The number of halogens is 2. The van der Waals surface area contributed by atoms with Crippen LogP contribution in [0.4, 0.5) is 20.7 Å². The highest BCUT2D eigenvalue weighted by Crippen LogP contribution is 2.23. The van der Waals surface area contributed by atoms with E-state index in [-0.39, 0.29) is 17.9 Å². The van der Waals surface area contributed by atoms with Crippen LogP contribution in [0.15, 0.2) is 36.8 Å². The zero-order valence-corrected chi connectivity index (χ0v) is 15.8. The largest absolute Gasteiger partial charge is 0.368 e. The second kappa shape index (κ2) is 7.41. The monoisotopic (exact) mass is 399 g/mol. The molecule has 0 fully saturated rings. The van der Waals surface area contributed by atoms with Crippen LogP contribution in [0.25, 0.3) is 16.9 Å². The molecule has 150 valence electrons. The Bertz CT molecular complexity index is 1150. The summed E-state index contributed by atoms with van der Waals surface area (Å²) in [6, 6.07) is 4.96. The SMILES string of the molecule is CC[C@@H](Nc1nc(N)nc(-c2ccc3cnc(C)n3c2)n1)c1ccn(C(F)F)n1. The minimum Gasteiger partial charge on any atom is -0.368 e. The van der Waals surface area contributed by atoms with Gasteiger partial charge in [0.2, 0.25) is 11.9 Å². The number of pyridine rings is 1. The molecule has 0 spiro atoms. The second-order valence-corrected chi connectivity index (χ2v) is 6.46. The highest BCUT2D eigenvalue weighted by atomic mass is 19.3. The molecule has 0 unspecified atom stereocenters. The van der Waals surface area contributed by atoms with E-state index in [1.165, 1.54) is 12.3 Å². The minimum atomic E-state index is -2.69. The summed E-state index contributed by atoms with van der Waals surface area (Å²) in [5.41, 5.74) is 8.03. The van der Waals surface area contributed by atoms with Gasteiger partial charge in [-0.3, -0.25) is 0 Å². The van der Waals surface area contributed by atoms with Crippen LogP contribution in [0.3, 0.4) is 0 Å². The molecule has 0 aromatic carbocycles. The van der Waals surface area contributed by atoms with Gasteiger partial charge in [0.15, 0.2) is 5.82 Å². The van der Waals surface area contributed by atoms with Crippen molar-refractivity contribution >= 4 is 17.4 Å². The van der Waals surface area contributed by atoms with E-state index in [1.807, 2.05) is 36.6 Å². The van der Waals surface area contributed by atoms with E-state index >= 15 is 0 Å². The summed E-state index contributed by atoms with van der Waals surface area (Å²) in [5, 5.41) is 7.02. The van der Waals surface area contributed by atoms with Crippen LogP contribution in [0.5, 0.6) is 0 Å². The molecule has 0 saturated carbocycles. The van der Waals surface area contributed by atoms with Gasteiger partial charge >= 0.3 is 6.55 Å². The van der Waals surface area contributed by atoms with Crippen molar-refractivity contribution in [2.45, 2.75) is 32.9 Å². The average molecular weight is 399 g/mol. The van der Waals surface area contributed by atoms with E-state index in [1.54, 1.807) is 6.20 Å². The van der Waals surface area contributed by atoms with Gasteiger partial charge in [-0.1, -0.05) is 6.92 Å². The zero-order chi connectivity index (χ0) is 20.5. The highest BCUT2D eigenvalue weighted by Gasteiger charge is 2.17. The fourth-order valence-electron chi connectivity index (χ4n) is 3.03. The average Bonchev–Trinajstić information content (AvgIpc) is 3.33. The third-order valence-corrected chi connectivity index (χ3v) is 4.52. The van der Waals surface area contributed by atoms with Crippen LogP contribution in [-0.4, -0.2) is 34.1 Å². The number of nitrogens with two attached hydrogens (primary N) is 1. The van der Waals surface area contributed by atoms with Gasteiger partial charge in [0.25, 0.3) is 0 Å². The van der Waals surface area contributed by atoms with Gasteiger partial charge in [-0.25, -0.2) is 9.67 Å². The number of alkyl halides is 2. The predicted octanol–water partition coefficient (Wildman–Crippen LogP) is 3.23. The Morgan fingerprint density at radius 2 is 2.00 bits per heavy atom. The predicted molar refractivity (Wildman–Crippen MR) is 103 cm³/mol. The summed E-state index contributed by atoms with van der Waals surface area (Å²) < 4.78 is 28.1. The number of hydrogen-bond acceptors (Lipinski definition) is 7. The maximum absolute atomic E-state index is 12.8. The molecule has 4 aromatic rings. The Morgan fingerprint density at radius 3 is 2.72 bits per heavy atom. The highest BCUT2D eigenvalue weighted by molar-refractivity contribution is 5.61. The molecule has 0 amide bonds. The Balaban J connectivity index is 1.65. The number of aryl methyl sites for hydroxylation is 1. The van der Waals surface area contributed by atoms with Gasteiger partial charge in [-0.05, 0) is 31.5 Å². The lowest BCUT2D eigenvalue weighted by Crippen LogP contribution is -2.15. The van der Waals surface area contributed by atoms with Gasteiger partial charge in [0.05, 0.1) is 23.4 Å². The van der Waals surface area contributed by atoms with Crippen molar-refractivity contribution in [1.82, 2.24) is 34.1 Å². The van der Waals surface area contributed by atoms with Crippen LogP contribution in [0.2, 0.25) is 0 Å². The number of fused-ring (bicyclic) bond motifs is 1. The van der Waals surface area contributed by atoms with Crippen LogP contribution >= 0.6 is 0 Å². The smallest absolute Gasteiger partial charge is 0.333 e. The molecule has 4 rings (SSSR count). The molecular formula is C18H19F2N9. The van der Waals surface area contributed by atoms with Crippen LogP contribution < -0.4 is 11.1 Å². The minimum absolute atomic E-state index is 0.0490. The Morgan fingerprint density at radius 1 is 1.17 bits per heavy atom. The Kier molecular flexibility index (Phi) is 4.79. The molecule has 0 bridgehead atoms.